The largest absolute Gasteiger partial charge is 1.00 e. The first-order valence-electron chi connectivity index (χ1n) is 18.0. The van der Waals surface area contributed by atoms with Crippen molar-refractivity contribution >= 4 is 60.1 Å². The van der Waals surface area contributed by atoms with Crippen molar-refractivity contribution in [2.45, 2.75) is 89.5 Å². The summed E-state index contributed by atoms with van der Waals surface area (Å²) in [5, 5.41) is 24.0. The molecule has 1 saturated heterocycles. The van der Waals surface area contributed by atoms with Gasteiger partial charge in [-0.15, -0.1) is 5.06 Å². The summed E-state index contributed by atoms with van der Waals surface area (Å²) in [4.78, 5) is 78.4. The van der Waals surface area contributed by atoms with Gasteiger partial charge in [0, 0.05) is 113 Å². The van der Waals surface area contributed by atoms with Crippen molar-refractivity contribution in [2.75, 3.05) is 109 Å². The average Bonchev–Trinajstić information content (AvgIpc) is 3.49. The molecule has 1 fully saturated rings. The molecule has 23 nitrogen and oxygen atoms in total. The molecule has 0 aliphatic carbocycles. The first-order valence-corrected chi connectivity index (χ1v) is 18.5. The van der Waals surface area contributed by atoms with E-state index in [0.717, 1.165) is 32.9 Å². The fourth-order valence-electron chi connectivity index (χ4n) is 2.84. The maximum absolute atomic E-state index is 10.7. The van der Waals surface area contributed by atoms with Crippen LogP contribution in [0.4, 0.5) is 0 Å². The van der Waals surface area contributed by atoms with E-state index in [4.69, 9.17) is 24.5 Å². The predicted molar refractivity (Wildman–Crippen MR) is 241 cm³/mol. The third kappa shape index (κ3) is 90.0. The minimum atomic E-state index is -0.659. The molecule has 0 aromatic heterocycles. The number of aliphatic hydroxyl groups is 2. The van der Waals surface area contributed by atoms with Gasteiger partial charge < -0.3 is 90.3 Å². The second kappa shape index (κ2) is 72.7. The Hall–Kier alpha value is -3.72. The van der Waals surface area contributed by atoms with Crippen molar-refractivity contribution in [3.63, 3.8) is 0 Å². The number of ether oxygens (including phenoxy) is 4. The van der Waals surface area contributed by atoms with E-state index in [2.05, 4.69) is 86.6 Å². The first kappa shape index (κ1) is 90.1. The Labute approximate surface area is 396 Å². The highest BCUT2D eigenvalue weighted by Crippen LogP contribution is 2.11. The Morgan fingerprint density at radius 1 is 0.714 bits per heavy atom. The van der Waals surface area contributed by atoms with Gasteiger partial charge in [0.25, 0.3) is 23.9 Å². The molecule has 0 radical (unpaired) electrons. The van der Waals surface area contributed by atoms with Crippen molar-refractivity contribution in [1.29, 1.82) is 4.78 Å². The summed E-state index contributed by atoms with van der Waals surface area (Å²) in [6.45, 7) is 13.7. The van der Waals surface area contributed by atoms with Crippen LogP contribution < -0.4 is 56.3 Å². The number of hydroxylamine groups is 2. The van der Waals surface area contributed by atoms with Crippen LogP contribution in [0.3, 0.4) is 0 Å². The number of carbonyl (C=O) groups is 6. The summed E-state index contributed by atoms with van der Waals surface area (Å²) >= 11 is 3.33. The summed E-state index contributed by atoms with van der Waals surface area (Å²) in [7, 11) is 14.4. The lowest BCUT2D eigenvalue weighted by Crippen LogP contribution is -3.05. The number of esters is 2. The van der Waals surface area contributed by atoms with Crippen molar-refractivity contribution in [2.24, 2.45) is 15.7 Å². The molecule has 0 unspecified atom stereocenters. The second-order valence-corrected chi connectivity index (χ2v) is 11.0. The number of hydrogen-bond acceptors (Lipinski definition) is 18. The molecular formula is C37H88Cl2N10O13S. The van der Waals surface area contributed by atoms with Gasteiger partial charge in [-0.1, -0.05) is 22.3 Å². The monoisotopic (exact) mass is 983 g/mol. The summed E-state index contributed by atoms with van der Waals surface area (Å²) in [5.74, 6) is -2.24. The SMILES string of the molecule is C.C.C.CC(=O)ON1C(=O)CCC1=O.CCNC(=NCCC[NH+](C)C)OC(C)=O.CCNC(=NCCC[NH+](C)C)OC(C)=O.CN.CNC(C)=O.COCO.COCO.N=S.[Cl-].[Cl-]. The van der Waals surface area contributed by atoms with Crippen molar-refractivity contribution in [3.05, 3.63) is 0 Å². The molecule has 0 bridgehead atoms. The first-order chi connectivity index (χ1) is 27.3. The number of aliphatic imine (C=N–C) groups is 2. The van der Waals surface area contributed by atoms with Gasteiger partial charge in [0.05, 0.1) is 41.3 Å². The number of rotatable bonds is 13. The smallest absolute Gasteiger partial charge is 0.330 e. The van der Waals surface area contributed by atoms with E-state index in [-0.39, 0.29) is 91.4 Å². The van der Waals surface area contributed by atoms with Gasteiger partial charge in [0.1, 0.15) is 13.6 Å². The zero-order chi connectivity index (χ0) is 46.9. The average molecular weight is 984 g/mol. The number of nitrogens with zero attached hydrogens (tertiary/aromatic N) is 3. The number of methoxy groups -OCH3 is 2. The number of quaternary nitrogens is 2. The highest BCUT2D eigenvalue weighted by atomic mass is 35.5. The molecular weight excluding hydrogens is 895 g/mol. The molecule has 1 heterocycles. The highest BCUT2D eigenvalue weighted by Gasteiger charge is 2.31. The molecule has 0 atom stereocenters. The van der Waals surface area contributed by atoms with E-state index in [1.165, 1.54) is 51.8 Å². The fourth-order valence-corrected chi connectivity index (χ4v) is 2.84. The van der Waals surface area contributed by atoms with E-state index >= 15 is 0 Å². The molecule has 1 rings (SSSR count). The number of hydrogen-bond donors (Lipinski definition) is 9. The van der Waals surface area contributed by atoms with Gasteiger partial charge in [-0.05, 0) is 20.9 Å². The molecule has 1 aliphatic rings. The normalized spacial score (nSPS) is 10.2. The molecule has 10 N–H and O–H groups in total. The molecule has 3 amide bonds. The number of nitrogens with two attached hydrogens (primary N) is 1. The van der Waals surface area contributed by atoms with Crippen LogP contribution in [0, 0.1) is 4.78 Å². The van der Waals surface area contributed by atoms with Gasteiger partial charge in [-0.2, -0.15) is 0 Å². The number of amidine groups is 2. The van der Waals surface area contributed by atoms with Crippen molar-refractivity contribution < 1.29 is 97.4 Å². The number of nitrogens with one attached hydrogen (secondary N) is 6. The van der Waals surface area contributed by atoms with Gasteiger partial charge in [0.2, 0.25) is 5.91 Å². The van der Waals surface area contributed by atoms with Crippen LogP contribution >= 0.6 is 0 Å². The quantitative estimate of drug-likeness (QED) is 0.0207. The number of halogens is 2. The van der Waals surface area contributed by atoms with Crippen LogP contribution in [0.2, 0.25) is 0 Å². The Kier molecular flexibility index (Phi) is 104. The standard InChI is InChI=1S/2C10H21N3O2.C6H7NO4.C3H7NO.2C2H6O2.CH5N.3CH4.2ClH.HNS/c2*1-5-11-10(15-9(2)14)12-7-6-8-13(3)4;1-4(8)11-7-5(9)2-3-6(7)10;1-3(5)4-2;2*1-4-2-3;1-2;;;;;;1-2/h2*5-8H2,1-4H3,(H,11,12);2-3H2,1H3;1-2H3,(H,4,5);2*3H,2H2,1H3;2H2,1H3;3*1H4;2*1H;1H. The zero-order valence-electron chi connectivity index (χ0n) is 38.0. The fraction of sp³-hybridized carbons (Fsp3) is 0.784. The molecule has 0 aromatic carbocycles. The summed E-state index contributed by atoms with van der Waals surface area (Å²) in [6.07, 6.45) is 2.23. The Balaban J connectivity index is -0.0000000509. The summed E-state index contributed by atoms with van der Waals surface area (Å²) < 4.78 is 23.3. The zero-order valence-corrected chi connectivity index (χ0v) is 40.3. The van der Waals surface area contributed by atoms with E-state index in [0.29, 0.717) is 43.3 Å². The molecule has 1 aliphatic heterocycles. The molecule has 0 saturated carbocycles. The number of imide groups is 1. The molecule has 26 heteroatoms. The lowest BCUT2D eigenvalue weighted by atomic mass is 10.4. The Morgan fingerprint density at radius 3 is 1.16 bits per heavy atom. The van der Waals surface area contributed by atoms with Gasteiger partial charge in [0.15, 0.2) is 0 Å². The Morgan fingerprint density at radius 2 is 0.984 bits per heavy atom. The van der Waals surface area contributed by atoms with Gasteiger partial charge in [-0.25, -0.2) is 19.6 Å². The lowest BCUT2D eigenvalue weighted by molar-refractivity contribution is -0.858. The number of carbonyl (C=O) groups excluding carboxylic acids is 6. The number of amides is 3. The molecule has 384 valence electrons. The minimum Gasteiger partial charge on any atom is -1.00 e. The van der Waals surface area contributed by atoms with Crippen LogP contribution in [-0.4, -0.2) is 172 Å². The second-order valence-electron chi connectivity index (χ2n) is 11.0. The van der Waals surface area contributed by atoms with E-state index in [1.54, 1.807) is 7.05 Å². The van der Waals surface area contributed by atoms with Crippen molar-refractivity contribution in [3.8, 4) is 0 Å². The number of aliphatic hydroxyl groups excluding tert-OH is 2. The van der Waals surface area contributed by atoms with Crippen LogP contribution in [0.25, 0.3) is 0 Å². The van der Waals surface area contributed by atoms with E-state index in [1.807, 2.05) is 13.8 Å². The predicted octanol–water partition coefficient (Wildman–Crippen LogP) is -7.58. The third-order valence-electron chi connectivity index (χ3n) is 5.15. The summed E-state index contributed by atoms with van der Waals surface area (Å²) in [6, 6.07) is 0.664. The lowest BCUT2D eigenvalue weighted by Gasteiger charge is -2.09. The molecule has 63 heavy (non-hydrogen) atoms. The van der Waals surface area contributed by atoms with Crippen molar-refractivity contribution in [1.82, 2.24) is 21.0 Å². The third-order valence-corrected chi connectivity index (χ3v) is 5.15. The van der Waals surface area contributed by atoms with Crippen LogP contribution in [0.15, 0.2) is 9.98 Å². The maximum Gasteiger partial charge on any atom is 0.330 e. The van der Waals surface area contributed by atoms with Crippen LogP contribution in [0.1, 0.15) is 89.5 Å². The minimum absolute atomic E-state index is 0. The van der Waals surface area contributed by atoms with Crippen LogP contribution in [0.5, 0.6) is 0 Å². The van der Waals surface area contributed by atoms with Crippen LogP contribution in [-0.2, 0) is 65.0 Å². The topological polar surface area (TPSA) is 312 Å². The van der Waals surface area contributed by atoms with Gasteiger partial charge >= 0.3 is 17.9 Å². The van der Waals surface area contributed by atoms with Gasteiger partial charge in [-0.3, -0.25) is 24.0 Å². The highest BCUT2D eigenvalue weighted by molar-refractivity contribution is 7.45. The van der Waals surface area contributed by atoms with E-state index < -0.39 is 17.8 Å². The molecule has 0 aromatic rings. The molecule has 0 spiro atoms. The Bertz CT molecular complexity index is 1030. The summed E-state index contributed by atoms with van der Waals surface area (Å²) in [5.41, 5.74) is 4.50. The van der Waals surface area contributed by atoms with E-state index in [9.17, 15) is 28.8 Å². The maximum atomic E-state index is 10.7.